The average molecular weight is 474 g/mol. The fourth-order valence-corrected chi connectivity index (χ4v) is 4.01. The summed E-state index contributed by atoms with van der Waals surface area (Å²) in [4.78, 5) is 31.5. The highest BCUT2D eigenvalue weighted by Crippen LogP contribution is 2.36. The van der Waals surface area contributed by atoms with Gasteiger partial charge in [0.05, 0.1) is 30.4 Å². The van der Waals surface area contributed by atoms with Crippen LogP contribution in [0.5, 0.6) is 5.75 Å². The normalized spacial score (nSPS) is 18.9. The molecule has 10 heteroatoms. The van der Waals surface area contributed by atoms with Gasteiger partial charge in [-0.2, -0.15) is 0 Å². The number of anilines is 2. The van der Waals surface area contributed by atoms with E-state index < -0.39 is 6.10 Å². The highest BCUT2D eigenvalue weighted by molar-refractivity contribution is 5.99. The monoisotopic (exact) mass is 473 g/mol. The van der Waals surface area contributed by atoms with E-state index in [4.69, 9.17) is 9.26 Å². The van der Waals surface area contributed by atoms with Gasteiger partial charge in [0.2, 0.25) is 0 Å². The van der Waals surface area contributed by atoms with Crippen molar-refractivity contribution in [3.63, 3.8) is 0 Å². The number of carbonyl (C=O) groups excluding carboxylic acids is 2. The van der Waals surface area contributed by atoms with Crippen molar-refractivity contribution in [3.8, 4) is 5.75 Å². The van der Waals surface area contributed by atoms with Crippen LogP contribution in [0.15, 0.2) is 22.7 Å². The minimum absolute atomic E-state index is 0.115. The number of carbonyl (C=O) groups is 2. The van der Waals surface area contributed by atoms with E-state index in [0.717, 1.165) is 5.69 Å². The summed E-state index contributed by atoms with van der Waals surface area (Å²) in [6.45, 7) is 7.83. The minimum Gasteiger partial charge on any atom is -0.485 e. The van der Waals surface area contributed by atoms with Gasteiger partial charge in [0.1, 0.15) is 17.5 Å². The van der Waals surface area contributed by atoms with E-state index in [1.807, 2.05) is 45.0 Å². The number of amides is 3. The Kier molecular flexibility index (Phi) is 7.71. The number of aliphatic hydroxyl groups is 1. The molecule has 186 valence electrons. The number of nitrogens with one attached hydrogen (secondary N) is 1. The second kappa shape index (κ2) is 10.3. The zero-order valence-corrected chi connectivity index (χ0v) is 21.0. The van der Waals surface area contributed by atoms with Crippen LogP contribution in [0.25, 0.3) is 0 Å². The number of hydrogen-bond donors (Lipinski definition) is 2. The molecule has 2 N–H and O–H groups in total. The van der Waals surface area contributed by atoms with Crippen molar-refractivity contribution in [1.82, 2.24) is 15.0 Å². The van der Waals surface area contributed by atoms with Crippen LogP contribution in [0.3, 0.4) is 0 Å². The van der Waals surface area contributed by atoms with E-state index in [9.17, 15) is 14.7 Å². The molecular weight excluding hydrogens is 438 g/mol. The maximum Gasteiger partial charge on any atom is 0.321 e. The molecule has 0 saturated carbocycles. The second-order valence-electron chi connectivity index (χ2n) is 9.18. The van der Waals surface area contributed by atoms with Crippen molar-refractivity contribution in [3.05, 3.63) is 35.2 Å². The van der Waals surface area contributed by atoms with Gasteiger partial charge in [-0.25, -0.2) is 4.79 Å². The molecule has 3 rings (SSSR count). The Balaban J connectivity index is 1.92. The number of nitrogens with zero attached hydrogens (tertiary/aromatic N) is 4. The summed E-state index contributed by atoms with van der Waals surface area (Å²) in [5, 5.41) is 16.5. The number of aliphatic hydroxyl groups excluding tert-OH is 1. The van der Waals surface area contributed by atoms with E-state index in [0.29, 0.717) is 35.0 Å². The van der Waals surface area contributed by atoms with Crippen molar-refractivity contribution in [2.45, 2.75) is 39.8 Å². The zero-order valence-electron chi connectivity index (χ0n) is 21.0. The van der Waals surface area contributed by atoms with Crippen molar-refractivity contribution in [2.75, 3.05) is 51.1 Å². The molecule has 3 atom stereocenters. The molecule has 1 aliphatic rings. The number of ether oxygens (including phenoxy) is 1. The Morgan fingerprint density at radius 2 is 2.03 bits per heavy atom. The highest BCUT2D eigenvalue weighted by atomic mass is 16.5. The largest absolute Gasteiger partial charge is 0.485 e. The van der Waals surface area contributed by atoms with Gasteiger partial charge in [-0.1, -0.05) is 18.1 Å². The summed E-state index contributed by atoms with van der Waals surface area (Å²) < 4.78 is 11.6. The molecule has 34 heavy (non-hydrogen) atoms. The van der Waals surface area contributed by atoms with E-state index in [1.165, 1.54) is 0 Å². The number of hydrogen-bond acceptors (Lipinski definition) is 7. The van der Waals surface area contributed by atoms with Crippen LogP contribution >= 0.6 is 0 Å². The maximum atomic E-state index is 13.4. The Labute approximate surface area is 200 Å². The van der Waals surface area contributed by atoms with E-state index >= 15 is 0 Å². The van der Waals surface area contributed by atoms with Crippen molar-refractivity contribution >= 4 is 23.3 Å². The molecule has 0 unspecified atom stereocenters. The van der Waals surface area contributed by atoms with Gasteiger partial charge in [-0.3, -0.25) is 4.79 Å². The first-order valence-corrected chi connectivity index (χ1v) is 11.4. The van der Waals surface area contributed by atoms with Crippen LogP contribution < -0.4 is 15.0 Å². The van der Waals surface area contributed by atoms with Crippen molar-refractivity contribution in [1.29, 1.82) is 0 Å². The molecule has 0 saturated heterocycles. The van der Waals surface area contributed by atoms with Crippen LogP contribution in [0, 0.1) is 19.8 Å². The SMILES string of the molecule is Cc1noc(C)c1NC(=O)N(C)C[C@H]1Oc2c(cccc2N(C)C)C(=O)N([C@@H](C)CO)C[C@H]1C. The Morgan fingerprint density at radius 1 is 1.32 bits per heavy atom. The molecule has 0 aliphatic carbocycles. The molecular formula is C24H35N5O5. The molecule has 0 bridgehead atoms. The van der Waals surface area contributed by atoms with E-state index in [1.54, 1.807) is 36.8 Å². The van der Waals surface area contributed by atoms with Crippen LogP contribution in [0.4, 0.5) is 16.2 Å². The lowest BCUT2D eigenvalue weighted by atomic mass is 9.99. The molecule has 0 radical (unpaired) electrons. The number of fused-ring (bicyclic) bond motifs is 1. The van der Waals surface area contributed by atoms with E-state index in [-0.39, 0.29) is 37.0 Å². The highest BCUT2D eigenvalue weighted by Gasteiger charge is 2.35. The van der Waals surface area contributed by atoms with Gasteiger partial charge in [0.25, 0.3) is 5.91 Å². The molecule has 3 amide bonds. The lowest BCUT2D eigenvalue weighted by Gasteiger charge is -2.39. The summed E-state index contributed by atoms with van der Waals surface area (Å²) in [6.07, 6.45) is -0.401. The van der Waals surface area contributed by atoms with Crippen LogP contribution in [0.2, 0.25) is 0 Å². The lowest BCUT2D eigenvalue weighted by Crippen LogP contribution is -2.50. The molecule has 0 fully saturated rings. The van der Waals surface area contributed by atoms with Crippen LogP contribution in [-0.2, 0) is 0 Å². The number of rotatable bonds is 6. The summed E-state index contributed by atoms with van der Waals surface area (Å²) >= 11 is 0. The van der Waals surface area contributed by atoms with Crippen molar-refractivity contribution in [2.24, 2.45) is 5.92 Å². The Morgan fingerprint density at radius 3 is 2.62 bits per heavy atom. The predicted octanol–water partition coefficient (Wildman–Crippen LogP) is 2.74. The average Bonchev–Trinajstić information content (AvgIpc) is 3.12. The van der Waals surface area contributed by atoms with Gasteiger partial charge in [0, 0.05) is 33.6 Å². The Bertz CT molecular complexity index is 1020. The lowest BCUT2D eigenvalue weighted by molar-refractivity contribution is 0.0372. The van der Waals surface area contributed by atoms with Gasteiger partial charge in [-0.15, -0.1) is 0 Å². The van der Waals surface area contributed by atoms with Gasteiger partial charge >= 0.3 is 6.03 Å². The maximum absolute atomic E-state index is 13.4. The minimum atomic E-state index is -0.401. The third kappa shape index (κ3) is 5.11. The molecule has 1 aliphatic heterocycles. The molecule has 2 aromatic rings. The fourth-order valence-electron chi connectivity index (χ4n) is 4.01. The summed E-state index contributed by atoms with van der Waals surface area (Å²) in [6, 6.07) is 4.78. The number of aromatic nitrogens is 1. The smallest absolute Gasteiger partial charge is 0.321 e. The fraction of sp³-hybridized carbons (Fsp3) is 0.542. The van der Waals surface area contributed by atoms with Gasteiger partial charge in [-0.05, 0) is 32.9 Å². The van der Waals surface area contributed by atoms with Gasteiger partial charge < -0.3 is 34.4 Å². The third-order valence-electron chi connectivity index (χ3n) is 6.22. The van der Waals surface area contributed by atoms with Crippen molar-refractivity contribution < 1.29 is 24.0 Å². The van der Waals surface area contributed by atoms with Crippen LogP contribution in [-0.4, -0.2) is 85.0 Å². The number of likely N-dealkylation sites (N-methyl/N-ethyl adjacent to an activating group) is 1. The molecule has 0 spiro atoms. The molecule has 10 nitrogen and oxygen atoms in total. The number of para-hydroxylation sites is 1. The first-order valence-electron chi connectivity index (χ1n) is 11.4. The molecule has 1 aromatic carbocycles. The molecule has 1 aromatic heterocycles. The second-order valence-corrected chi connectivity index (χ2v) is 9.18. The zero-order chi connectivity index (χ0) is 25.2. The molecule has 2 heterocycles. The van der Waals surface area contributed by atoms with Crippen LogP contribution in [0.1, 0.15) is 35.7 Å². The summed E-state index contributed by atoms with van der Waals surface area (Å²) in [5.74, 6) is 0.709. The Hall–Kier alpha value is -3.27. The standard InChI is InChI=1S/C24H35N5O5/c1-14-11-29(15(2)13-30)23(31)18-9-8-10-19(27(5)6)22(18)33-20(14)12-28(7)24(32)25-21-16(3)26-34-17(21)4/h8-10,14-15,20,30H,11-13H2,1-7H3,(H,25,32)/t14-,15+,20-/m1/s1. The first kappa shape index (κ1) is 25.4. The van der Waals surface area contributed by atoms with E-state index in [2.05, 4.69) is 10.5 Å². The number of aryl methyl sites for hydroxylation is 2. The van der Waals surface area contributed by atoms with Gasteiger partial charge in [0.15, 0.2) is 11.5 Å². The first-order chi connectivity index (χ1) is 16.0. The number of benzene rings is 1. The third-order valence-corrected chi connectivity index (χ3v) is 6.22. The number of urea groups is 1. The quantitative estimate of drug-likeness (QED) is 0.664. The summed E-state index contributed by atoms with van der Waals surface area (Å²) in [5.41, 5.74) is 2.36. The summed E-state index contributed by atoms with van der Waals surface area (Å²) in [7, 11) is 5.47. The predicted molar refractivity (Wildman–Crippen MR) is 130 cm³/mol. The topological polar surface area (TPSA) is 111 Å².